The van der Waals surface area contributed by atoms with Crippen molar-refractivity contribution >= 4 is 0 Å². The largest absolute Gasteiger partial charge is 0.489 e. The van der Waals surface area contributed by atoms with Crippen LogP contribution in [0.5, 0.6) is 5.75 Å². The first kappa shape index (κ1) is 16.5. The van der Waals surface area contributed by atoms with Gasteiger partial charge >= 0.3 is 0 Å². The highest BCUT2D eigenvalue weighted by Gasteiger charge is 2.13. The molecule has 1 atom stereocenters. The molecule has 2 rings (SSSR count). The van der Waals surface area contributed by atoms with Crippen LogP contribution in [-0.4, -0.2) is 17.6 Å². The number of ether oxygens (including phenoxy) is 1. The van der Waals surface area contributed by atoms with Crippen molar-refractivity contribution < 1.29 is 4.74 Å². The average Bonchev–Trinajstić information content (AvgIpc) is 2.48. The van der Waals surface area contributed by atoms with Gasteiger partial charge in [-0.3, -0.25) is 4.98 Å². The summed E-state index contributed by atoms with van der Waals surface area (Å²) in [6, 6.07) is 12.4. The molecule has 0 aliphatic heterocycles. The van der Waals surface area contributed by atoms with Crippen molar-refractivity contribution in [1.29, 1.82) is 0 Å². The number of benzene rings is 1. The van der Waals surface area contributed by atoms with Crippen molar-refractivity contribution in [1.82, 2.24) is 10.3 Å². The second kappa shape index (κ2) is 7.41. The first-order chi connectivity index (χ1) is 10.4. The smallest absolute Gasteiger partial charge is 0.119 e. The normalized spacial score (nSPS) is 12.9. The summed E-state index contributed by atoms with van der Waals surface area (Å²) in [6.07, 6.45) is 3.79. The number of rotatable bonds is 6. The number of nitrogens with zero attached hydrogens (tertiary/aromatic N) is 1. The molecule has 1 aromatic heterocycles. The molecule has 0 saturated heterocycles. The van der Waals surface area contributed by atoms with Crippen LogP contribution in [0, 0.1) is 0 Å². The zero-order valence-corrected chi connectivity index (χ0v) is 14.0. The first-order valence-electron chi connectivity index (χ1n) is 7.82. The van der Waals surface area contributed by atoms with E-state index in [9.17, 15) is 0 Å². The van der Waals surface area contributed by atoms with Crippen LogP contribution in [0.15, 0.2) is 48.8 Å². The van der Waals surface area contributed by atoms with E-state index in [0.717, 1.165) is 18.8 Å². The second-order valence-corrected chi connectivity index (χ2v) is 6.70. The van der Waals surface area contributed by atoms with Crippen LogP contribution in [0.4, 0.5) is 0 Å². The molecule has 1 aromatic carbocycles. The fourth-order valence-corrected chi connectivity index (χ4v) is 2.23. The minimum Gasteiger partial charge on any atom is -0.489 e. The second-order valence-electron chi connectivity index (χ2n) is 6.70. The Bertz CT molecular complexity index is 558. The first-order valence-corrected chi connectivity index (χ1v) is 7.82. The van der Waals surface area contributed by atoms with Crippen LogP contribution in [0.3, 0.4) is 0 Å². The minimum atomic E-state index is 0.122. The van der Waals surface area contributed by atoms with E-state index in [4.69, 9.17) is 4.74 Å². The van der Waals surface area contributed by atoms with E-state index in [1.807, 2.05) is 12.3 Å². The molecule has 0 radical (unpaired) electrons. The Balaban J connectivity index is 1.78. The summed E-state index contributed by atoms with van der Waals surface area (Å²) in [6.45, 7) is 10.3. The van der Waals surface area contributed by atoms with Crippen LogP contribution >= 0.6 is 0 Å². The molecule has 3 nitrogen and oxygen atoms in total. The van der Waals surface area contributed by atoms with Gasteiger partial charge in [-0.15, -0.1) is 0 Å². The Morgan fingerprint density at radius 1 is 1.14 bits per heavy atom. The van der Waals surface area contributed by atoms with Gasteiger partial charge in [-0.25, -0.2) is 0 Å². The molecule has 0 bridgehead atoms. The van der Waals surface area contributed by atoms with Crippen LogP contribution in [-0.2, 0) is 12.0 Å². The van der Waals surface area contributed by atoms with Crippen molar-refractivity contribution in [3.05, 3.63) is 59.9 Å². The molecule has 0 fully saturated rings. The summed E-state index contributed by atoms with van der Waals surface area (Å²) in [5, 5.41) is 3.39. The van der Waals surface area contributed by atoms with Gasteiger partial charge < -0.3 is 10.1 Å². The number of hydrogen-bond donors (Lipinski definition) is 1. The van der Waals surface area contributed by atoms with E-state index >= 15 is 0 Å². The third kappa shape index (κ3) is 5.15. The Morgan fingerprint density at radius 3 is 2.45 bits per heavy atom. The van der Waals surface area contributed by atoms with Gasteiger partial charge in [-0.2, -0.15) is 0 Å². The van der Waals surface area contributed by atoms with E-state index in [1.165, 1.54) is 11.1 Å². The molecule has 0 aliphatic rings. The fraction of sp³-hybridized carbons (Fsp3) is 0.421. The highest BCUT2D eigenvalue weighted by Crippen LogP contribution is 2.24. The lowest BCUT2D eigenvalue weighted by atomic mass is 9.87. The van der Waals surface area contributed by atoms with Gasteiger partial charge in [0.15, 0.2) is 0 Å². The lowest BCUT2D eigenvalue weighted by Gasteiger charge is -2.20. The molecule has 1 N–H and O–H groups in total. The molecule has 22 heavy (non-hydrogen) atoms. The van der Waals surface area contributed by atoms with Crippen LogP contribution in [0.25, 0.3) is 0 Å². The zero-order chi connectivity index (χ0) is 16.0. The topological polar surface area (TPSA) is 34.2 Å². The van der Waals surface area contributed by atoms with Crippen molar-refractivity contribution in [2.45, 2.75) is 45.8 Å². The van der Waals surface area contributed by atoms with Crippen molar-refractivity contribution in [3.63, 3.8) is 0 Å². The van der Waals surface area contributed by atoms with E-state index in [1.54, 1.807) is 6.20 Å². The van der Waals surface area contributed by atoms with Gasteiger partial charge in [0.05, 0.1) is 0 Å². The van der Waals surface area contributed by atoms with Crippen LogP contribution in [0.1, 0.15) is 38.8 Å². The molecule has 3 heteroatoms. The number of aromatic nitrogens is 1. The molecule has 0 spiro atoms. The lowest BCUT2D eigenvalue weighted by Crippen LogP contribution is -2.28. The maximum absolute atomic E-state index is 5.94. The molecular weight excluding hydrogens is 272 g/mol. The Kier molecular flexibility index (Phi) is 5.56. The number of pyridine rings is 1. The molecule has 0 amide bonds. The SMILES string of the molecule is CC(CNCc1cccnc1)Oc1ccc(C(C)(C)C)cc1. The number of hydrogen-bond acceptors (Lipinski definition) is 3. The monoisotopic (exact) mass is 298 g/mol. The van der Waals surface area contributed by atoms with Gasteiger partial charge in [0.25, 0.3) is 0 Å². The lowest BCUT2D eigenvalue weighted by molar-refractivity contribution is 0.216. The predicted molar refractivity (Wildman–Crippen MR) is 91.2 cm³/mol. The summed E-state index contributed by atoms with van der Waals surface area (Å²) in [4.78, 5) is 4.11. The summed E-state index contributed by atoms with van der Waals surface area (Å²) >= 11 is 0. The van der Waals surface area contributed by atoms with Gasteiger partial charge in [-0.05, 0) is 41.7 Å². The predicted octanol–water partition coefficient (Wildman–Crippen LogP) is 3.94. The summed E-state index contributed by atoms with van der Waals surface area (Å²) in [5.74, 6) is 0.920. The standard InChI is InChI=1S/C19H26N2O/c1-15(12-21-14-16-6-5-11-20-13-16)22-18-9-7-17(8-10-18)19(2,3)4/h5-11,13,15,21H,12,14H2,1-4H3. The Hall–Kier alpha value is -1.87. The molecule has 1 unspecified atom stereocenters. The van der Waals surface area contributed by atoms with E-state index in [2.05, 4.69) is 68.3 Å². The summed E-state index contributed by atoms with van der Waals surface area (Å²) < 4.78 is 5.94. The maximum atomic E-state index is 5.94. The van der Waals surface area contributed by atoms with Gasteiger partial charge in [0.2, 0.25) is 0 Å². The van der Waals surface area contributed by atoms with Crippen molar-refractivity contribution in [2.75, 3.05) is 6.54 Å². The van der Waals surface area contributed by atoms with Gasteiger partial charge in [0.1, 0.15) is 11.9 Å². The van der Waals surface area contributed by atoms with Crippen LogP contribution in [0.2, 0.25) is 0 Å². The van der Waals surface area contributed by atoms with Gasteiger partial charge in [-0.1, -0.05) is 39.0 Å². The maximum Gasteiger partial charge on any atom is 0.119 e. The highest BCUT2D eigenvalue weighted by molar-refractivity contribution is 5.31. The molecular formula is C19H26N2O. The molecule has 0 aliphatic carbocycles. The number of nitrogens with one attached hydrogen (secondary N) is 1. The summed E-state index contributed by atoms with van der Waals surface area (Å²) in [7, 11) is 0. The summed E-state index contributed by atoms with van der Waals surface area (Å²) in [5.41, 5.74) is 2.68. The third-order valence-electron chi connectivity index (χ3n) is 3.54. The Labute approximate surface area is 133 Å². The molecule has 0 saturated carbocycles. The Morgan fingerprint density at radius 2 is 1.86 bits per heavy atom. The van der Waals surface area contributed by atoms with Crippen molar-refractivity contribution in [3.8, 4) is 5.75 Å². The van der Waals surface area contributed by atoms with E-state index in [0.29, 0.717) is 0 Å². The molecule has 2 aromatic rings. The fourth-order valence-electron chi connectivity index (χ4n) is 2.23. The van der Waals surface area contributed by atoms with E-state index < -0.39 is 0 Å². The van der Waals surface area contributed by atoms with Crippen LogP contribution < -0.4 is 10.1 Å². The van der Waals surface area contributed by atoms with Gasteiger partial charge in [0, 0.05) is 25.5 Å². The molecule has 118 valence electrons. The quantitative estimate of drug-likeness (QED) is 0.877. The zero-order valence-electron chi connectivity index (χ0n) is 14.0. The van der Waals surface area contributed by atoms with E-state index in [-0.39, 0.29) is 11.5 Å². The average molecular weight is 298 g/mol. The van der Waals surface area contributed by atoms with Crippen molar-refractivity contribution in [2.24, 2.45) is 0 Å². The highest BCUT2D eigenvalue weighted by atomic mass is 16.5. The minimum absolute atomic E-state index is 0.122. The molecule has 1 heterocycles. The third-order valence-corrected chi connectivity index (χ3v) is 3.54.